The lowest BCUT2D eigenvalue weighted by atomic mass is 10.0. The van der Waals surface area contributed by atoms with E-state index >= 15 is 0 Å². The standard InChI is InChI=1S/C14H17NO4/c1-4-13(16)15(2)12(14(17)18)9-10-5-7-11(19-3)8-6-10/h4-8,12H,1,9H2,2-3H3,(H,17,18)/t12-/m0/s1. The van der Waals surface area contributed by atoms with E-state index in [2.05, 4.69) is 6.58 Å². The molecule has 0 spiro atoms. The Balaban J connectivity index is 2.86. The van der Waals surface area contributed by atoms with Gasteiger partial charge in [-0.3, -0.25) is 4.79 Å². The van der Waals surface area contributed by atoms with Gasteiger partial charge >= 0.3 is 5.97 Å². The van der Waals surface area contributed by atoms with E-state index in [0.29, 0.717) is 5.75 Å². The topological polar surface area (TPSA) is 66.8 Å². The van der Waals surface area contributed by atoms with Crippen LogP contribution in [0.5, 0.6) is 5.75 Å². The van der Waals surface area contributed by atoms with Crippen LogP contribution in [-0.2, 0) is 16.0 Å². The predicted molar refractivity (Wildman–Crippen MR) is 71.1 cm³/mol. The number of rotatable bonds is 6. The fraction of sp³-hybridized carbons (Fsp3) is 0.286. The molecule has 1 aromatic rings. The monoisotopic (exact) mass is 263 g/mol. The molecule has 0 bridgehead atoms. The lowest BCUT2D eigenvalue weighted by molar-refractivity contribution is -0.147. The number of methoxy groups -OCH3 is 1. The van der Waals surface area contributed by atoms with Crippen molar-refractivity contribution in [3.05, 3.63) is 42.5 Å². The highest BCUT2D eigenvalue weighted by molar-refractivity contribution is 5.90. The minimum atomic E-state index is -1.05. The number of carboxylic acids is 1. The number of benzene rings is 1. The van der Waals surface area contributed by atoms with Gasteiger partial charge in [-0.1, -0.05) is 18.7 Å². The van der Waals surface area contributed by atoms with E-state index in [1.54, 1.807) is 31.4 Å². The molecule has 1 aromatic carbocycles. The van der Waals surface area contributed by atoms with Crippen LogP contribution in [0.1, 0.15) is 5.56 Å². The highest BCUT2D eigenvalue weighted by Gasteiger charge is 2.25. The molecule has 1 rings (SSSR count). The second-order valence-electron chi connectivity index (χ2n) is 4.06. The average molecular weight is 263 g/mol. The van der Waals surface area contributed by atoms with E-state index < -0.39 is 17.9 Å². The van der Waals surface area contributed by atoms with E-state index in [0.717, 1.165) is 11.6 Å². The summed E-state index contributed by atoms with van der Waals surface area (Å²) in [6.07, 6.45) is 1.33. The molecular formula is C14H17NO4. The third kappa shape index (κ3) is 3.84. The van der Waals surface area contributed by atoms with Crippen LogP contribution in [0.4, 0.5) is 0 Å². The second-order valence-corrected chi connectivity index (χ2v) is 4.06. The summed E-state index contributed by atoms with van der Waals surface area (Å²) in [5, 5.41) is 9.20. The maximum absolute atomic E-state index is 11.5. The van der Waals surface area contributed by atoms with Crippen molar-refractivity contribution in [3.8, 4) is 5.75 Å². The van der Waals surface area contributed by atoms with Crippen LogP contribution in [0, 0.1) is 0 Å². The highest BCUT2D eigenvalue weighted by Crippen LogP contribution is 2.14. The molecule has 0 aromatic heterocycles. The minimum Gasteiger partial charge on any atom is -0.497 e. The van der Waals surface area contributed by atoms with Gasteiger partial charge in [-0.15, -0.1) is 0 Å². The minimum absolute atomic E-state index is 0.232. The lowest BCUT2D eigenvalue weighted by Gasteiger charge is -2.23. The maximum atomic E-state index is 11.5. The Morgan fingerprint density at radius 3 is 2.42 bits per heavy atom. The Morgan fingerprint density at radius 2 is 2.00 bits per heavy atom. The van der Waals surface area contributed by atoms with E-state index in [1.165, 1.54) is 11.9 Å². The largest absolute Gasteiger partial charge is 0.497 e. The molecular weight excluding hydrogens is 246 g/mol. The Labute approximate surface area is 112 Å². The van der Waals surface area contributed by atoms with Crippen LogP contribution in [0.25, 0.3) is 0 Å². The first-order valence-electron chi connectivity index (χ1n) is 5.74. The van der Waals surface area contributed by atoms with Crippen molar-refractivity contribution >= 4 is 11.9 Å². The summed E-state index contributed by atoms with van der Waals surface area (Å²) in [4.78, 5) is 23.9. The molecule has 0 unspecified atom stereocenters. The molecule has 0 radical (unpaired) electrons. The summed E-state index contributed by atoms with van der Waals surface area (Å²) >= 11 is 0. The summed E-state index contributed by atoms with van der Waals surface area (Å²) in [7, 11) is 3.01. The lowest BCUT2D eigenvalue weighted by Crippen LogP contribution is -2.43. The third-order valence-corrected chi connectivity index (χ3v) is 2.86. The number of hydrogen-bond donors (Lipinski definition) is 1. The van der Waals surface area contributed by atoms with Crippen molar-refractivity contribution < 1.29 is 19.4 Å². The van der Waals surface area contributed by atoms with E-state index in [4.69, 9.17) is 4.74 Å². The van der Waals surface area contributed by atoms with Crippen molar-refractivity contribution in [2.24, 2.45) is 0 Å². The van der Waals surface area contributed by atoms with Crippen molar-refractivity contribution in [2.45, 2.75) is 12.5 Å². The van der Waals surface area contributed by atoms with Crippen molar-refractivity contribution in [3.63, 3.8) is 0 Å². The van der Waals surface area contributed by atoms with Gasteiger partial charge in [-0.25, -0.2) is 4.79 Å². The van der Waals surface area contributed by atoms with E-state index in [1.807, 2.05) is 0 Å². The Bertz CT molecular complexity index is 467. The van der Waals surface area contributed by atoms with Crippen LogP contribution in [0.3, 0.4) is 0 Å². The number of carbonyl (C=O) groups is 2. The van der Waals surface area contributed by atoms with Crippen LogP contribution in [0.15, 0.2) is 36.9 Å². The number of nitrogens with zero attached hydrogens (tertiary/aromatic N) is 1. The van der Waals surface area contributed by atoms with Gasteiger partial charge < -0.3 is 14.7 Å². The van der Waals surface area contributed by atoms with Gasteiger partial charge in [0.2, 0.25) is 5.91 Å². The number of likely N-dealkylation sites (N-methyl/N-ethyl adjacent to an activating group) is 1. The molecule has 0 heterocycles. The van der Waals surface area contributed by atoms with Gasteiger partial charge in [0.1, 0.15) is 11.8 Å². The molecule has 0 saturated heterocycles. The molecule has 19 heavy (non-hydrogen) atoms. The predicted octanol–water partition coefficient (Wildman–Crippen LogP) is 1.34. The van der Waals surface area contributed by atoms with Crippen LogP contribution in [0.2, 0.25) is 0 Å². The molecule has 1 atom stereocenters. The molecule has 0 aliphatic rings. The van der Waals surface area contributed by atoms with Gasteiger partial charge in [0.05, 0.1) is 7.11 Å². The zero-order chi connectivity index (χ0) is 14.4. The fourth-order valence-electron chi connectivity index (χ4n) is 1.67. The quantitative estimate of drug-likeness (QED) is 0.786. The second kappa shape index (κ2) is 6.58. The molecule has 102 valence electrons. The number of carbonyl (C=O) groups excluding carboxylic acids is 1. The van der Waals surface area contributed by atoms with Gasteiger partial charge in [-0.2, -0.15) is 0 Å². The number of ether oxygens (including phenoxy) is 1. The van der Waals surface area contributed by atoms with Crippen LogP contribution in [-0.4, -0.2) is 42.1 Å². The van der Waals surface area contributed by atoms with E-state index in [9.17, 15) is 14.7 Å². The first-order valence-corrected chi connectivity index (χ1v) is 5.74. The summed E-state index contributed by atoms with van der Waals surface area (Å²) in [5.41, 5.74) is 0.817. The summed E-state index contributed by atoms with van der Waals surface area (Å²) in [5.74, 6) is -0.763. The normalized spacial score (nSPS) is 11.5. The zero-order valence-electron chi connectivity index (χ0n) is 11.0. The molecule has 1 amide bonds. The fourth-order valence-corrected chi connectivity index (χ4v) is 1.67. The summed E-state index contributed by atoms with van der Waals surface area (Å²) < 4.78 is 5.03. The van der Waals surface area contributed by atoms with Gasteiger partial charge in [0, 0.05) is 13.5 Å². The number of hydrogen-bond acceptors (Lipinski definition) is 3. The maximum Gasteiger partial charge on any atom is 0.326 e. The third-order valence-electron chi connectivity index (χ3n) is 2.86. The number of amides is 1. The molecule has 5 nitrogen and oxygen atoms in total. The highest BCUT2D eigenvalue weighted by atomic mass is 16.5. The Hall–Kier alpha value is -2.30. The van der Waals surface area contributed by atoms with Gasteiger partial charge in [-0.05, 0) is 23.8 Å². The summed E-state index contributed by atoms with van der Waals surface area (Å²) in [6.45, 7) is 3.35. The first kappa shape index (κ1) is 14.8. The Morgan fingerprint density at radius 1 is 1.42 bits per heavy atom. The molecule has 0 aliphatic heterocycles. The van der Waals surface area contributed by atoms with Crippen LogP contribution >= 0.6 is 0 Å². The number of carboxylic acid groups (broad SMARTS) is 1. The molecule has 5 heteroatoms. The molecule has 0 aliphatic carbocycles. The number of aliphatic carboxylic acids is 1. The van der Waals surface area contributed by atoms with Crippen molar-refractivity contribution in [1.82, 2.24) is 4.90 Å². The van der Waals surface area contributed by atoms with Gasteiger partial charge in [0.25, 0.3) is 0 Å². The summed E-state index contributed by atoms with van der Waals surface area (Å²) in [6, 6.07) is 6.15. The first-order chi connectivity index (χ1) is 8.99. The smallest absolute Gasteiger partial charge is 0.326 e. The Kier molecular flexibility index (Phi) is 5.11. The van der Waals surface area contributed by atoms with Crippen molar-refractivity contribution in [2.75, 3.05) is 14.2 Å². The average Bonchev–Trinajstić information content (AvgIpc) is 2.43. The molecule has 0 saturated carbocycles. The van der Waals surface area contributed by atoms with E-state index in [-0.39, 0.29) is 6.42 Å². The van der Waals surface area contributed by atoms with Crippen LogP contribution < -0.4 is 4.74 Å². The molecule has 1 N–H and O–H groups in total. The van der Waals surface area contributed by atoms with Gasteiger partial charge in [0.15, 0.2) is 0 Å². The molecule has 0 fully saturated rings. The SMILES string of the molecule is C=CC(=O)N(C)[C@@H](Cc1ccc(OC)cc1)C(=O)O. The zero-order valence-corrected chi connectivity index (χ0v) is 11.0. The van der Waals surface area contributed by atoms with Crippen molar-refractivity contribution in [1.29, 1.82) is 0 Å².